The van der Waals surface area contributed by atoms with E-state index in [9.17, 15) is 4.21 Å². The Hall–Kier alpha value is -0.0166. The number of aromatic nitrogens is 2. The molecule has 0 aliphatic carbocycles. The molecule has 0 aliphatic rings. The molecule has 0 saturated heterocycles. The van der Waals surface area contributed by atoms with E-state index in [0.717, 1.165) is 0 Å². The van der Waals surface area contributed by atoms with E-state index in [1.165, 1.54) is 0 Å². The Morgan fingerprint density at radius 2 is 2.00 bits per heavy atom. The van der Waals surface area contributed by atoms with Gasteiger partial charge in [0.1, 0.15) is 0 Å². The van der Waals surface area contributed by atoms with Crippen LogP contribution in [0.25, 0.3) is 0 Å². The standard InChI is InChI=1S/C3H4N2.C2H6OS.Ru/c1-2-5-3-4-1;1-4(2)3;/h1-3H,(H,4,5);1-2H3;. The number of imidazole rings is 1. The van der Waals surface area contributed by atoms with E-state index in [-0.39, 0.29) is 19.5 Å². The number of aromatic amines is 1. The maximum Gasteiger partial charge on any atom is 0.0919 e. The van der Waals surface area contributed by atoms with Gasteiger partial charge in [-0.1, -0.05) is 0 Å². The summed E-state index contributed by atoms with van der Waals surface area (Å²) < 4.78 is 9.56. The van der Waals surface area contributed by atoms with Crippen molar-refractivity contribution >= 4 is 10.8 Å². The van der Waals surface area contributed by atoms with Gasteiger partial charge in [-0.15, -0.1) is 0 Å². The SMILES string of the molecule is CS(C)=O.[Ru].c1c[nH]cn1. The first-order valence-electron chi connectivity index (χ1n) is 2.41. The zero-order valence-electron chi connectivity index (χ0n) is 5.85. The third-order valence-corrected chi connectivity index (χ3v) is 0.406. The van der Waals surface area contributed by atoms with E-state index >= 15 is 0 Å². The fourth-order valence-electron chi connectivity index (χ4n) is 0.215. The molecule has 0 amide bonds. The molecular formula is C5H10N2ORuS. The minimum absolute atomic E-state index is 0. The van der Waals surface area contributed by atoms with Crippen LogP contribution < -0.4 is 0 Å². The van der Waals surface area contributed by atoms with Gasteiger partial charge in [0.2, 0.25) is 0 Å². The van der Waals surface area contributed by atoms with E-state index in [2.05, 4.69) is 9.97 Å². The van der Waals surface area contributed by atoms with Crippen molar-refractivity contribution in [3.8, 4) is 0 Å². The first kappa shape index (κ1) is 12.6. The van der Waals surface area contributed by atoms with Crippen LogP contribution in [0.2, 0.25) is 0 Å². The van der Waals surface area contributed by atoms with Crippen LogP contribution in [0.3, 0.4) is 0 Å². The van der Waals surface area contributed by atoms with Crippen molar-refractivity contribution in [1.29, 1.82) is 0 Å². The van der Waals surface area contributed by atoms with Crippen molar-refractivity contribution in [1.82, 2.24) is 9.97 Å². The number of hydrogen-bond donors (Lipinski definition) is 1. The average Bonchev–Trinajstić information content (AvgIpc) is 2.11. The number of nitrogens with zero attached hydrogens (tertiary/aromatic N) is 1. The predicted octanol–water partition coefficient (Wildman–Crippen LogP) is 0.402. The second kappa shape index (κ2) is 8.98. The molecule has 0 spiro atoms. The van der Waals surface area contributed by atoms with Gasteiger partial charge >= 0.3 is 0 Å². The maximum atomic E-state index is 9.56. The van der Waals surface area contributed by atoms with Crippen molar-refractivity contribution in [3.63, 3.8) is 0 Å². The van der Waals surface area contributed by atoms with Crippen LogP contribution in [0.15, 0.2) is 18.7 Å². The molecule has 0 bridgehead atoms. The summed E-state index contributed by atoms with van der Waals surface area (Å²) in [6.07, 6.45) is 8.36. The van der Waals surface area contributed by atoms with E-state index < -0.39 is 10.8 Å². The van der Waals surface area contributed by atoms with E-state index in [0.29, 0.717) is 0 Å². The zero-order valence-corrected chi connectivity index (χ0v) is 8.40. The topological polar surface area (TPSA) is 45.8 Å². The molecule has 1 aromatic rings. The molecule has 1 rings (SSSR count). The van der Waals surface area contributed by atoms with E-state index in [4.69, 9.17) is 0 Å². The third-order valence-electron chi connectivity index (χ3n) is 0.406. The van der Waals surface area contributed by atoms with Crippen LogP contribution in [0.1, 0.15) is 0 Å². The Balaban J connectivity index is 0. The summed E-state index contributed by atoms with van der Waals surface area (Å²) in [5.41, 5.74) is 0. The minimum Gasteiger partial charge on any atom is -0.351 e. The predicted molar refractivity (Wildman–Crippen MR) is 38.6 cm³/mol. The molecule has 1 heterocycles. The largest absolute Gasteiger partial charge is 0.351 e. The van der Waals surface area contributed by atoms with Crippen molar-refractivity contribution in [2.75, 3.05) is 12.5 Å². The summed E-state index contributed by atoms with van der Waals surface area (Å²) in [6.45, 7) is 0. The molecule has 10 heavy (non-hydrogen) atoms. The van der Waals surface area contributed by atoms with E-state index in [1.807, 2.05) is 0 Å². The van der Waals surface area contributed by atoms with Gasteiger partial charge in [-0.3, -0.25) is 4.21 Å². The first-order chi connectivity index (χ1) is 4.23. The van der Waals surface area contributed by atoms with Crippen molar-refractivity contribution in [3.05, 3.63) is 18.7 Å². The van der Waals surface area contributed by atoms with Crippen LogP contribution >= 0.6 is 0 Å². The Morgan fingerprint density at radius 3 is 2.10 bits per heavy atom. The molecule has 0 atom stereocenters. The summed E-state index contributed by atoms with van der Waals surface area (Å²) in [6, 6.07) is 0. The smallest absolute Gasteiger partial charge is 0.0919 e. The first-order valence-corrected chi connectivity index (χ1v) is 4.38. The number of H-pyrrole nitrogens is 1. The average molecular weight is 247 g/mol. The number of nitrogens with one attached hydrogen (secondary N) is 1. The quantitative estimate of drug-likeness (QED) is 0.675. The molecule has 0 unspecified atom stereocenters. The monoisotopic (exact) mass is 248 g/mol. The van der Waals surface area contributed by atoms with Crippen molar-refractivity contribution in [2.24, 2.45) is 0 Å². The molecule has 60 valence electrons. The van der Waals surface area contributed by atoms with Gasteiger partial charge in [0.05, 0.1) is 6.33 Å². The van der Waals surface area contributed by atoms with Crippen molar-refractivity contribution in [2.45, 2.75) is 0 Å². The summed E-state index contributed by atoms with van der Waals surface area (Å²) >= 11 is 0. The van der Waals surface area contributed by atoms with Crippen molar-refractivity contribution < 1.29 is 23.7 Å². The summed E-state index contributed by atoms with van der Waals surface area (Å²) in [5.74, 6) is 0. The molecule has 0 aromatic carbocycles. The van der Waals surface area contributed by atoms with Gasteiger partial charge in [-0.2, -0.15) is 0 Å². The van der Waals surface area contributed by atoms with E-state index in [1.54, 1.807) is 31.2 Å². The van der Waals surface area contributed by atoms with Crippen LogP contribution in [0.4, 0.5) is 0 Å². The second-order valence-electron chi connectivity index (χ2n) is 1.50. The van der Waals surface area contributed by atoms with Gasteiger partial charge in [0.15, 0.2) is 0 Å². The molecule has 3 nitrogen and oxygen atoms in total. The normalized spacial score (nSPS) is 7.50. The Kier molecular flexibility index (Phi) is 11.4. The molecule has 0 fully saturated rings. The van der Waals surface area contributed by atoms with Crippen LogP contribution in [-0.4, -0.2) is 26.7 Å². The zero-order chi connectivity index (χ0) is 7.11. The fraction of sp³-hybridized carbons (Fsp3) is 0.400. The summed E-state index contributed by atoms with van der Waals surface area (Å²) in [7, 11) is -0.611. The maximum absolute atomic E-state index is 9.56. The van der Waals surface area contributed by atoms with Gasteiger partial charge in [-0.05, 0) is 0 Å². The second-order valence-corrected chi connectivity index (χ2v) is 2.99. The van der Waals surface area contributed by atoms with Crippen LogP contribution in [0, 0.1) is 0 Å². The molecule has 5 heteroatoms. The molecule has 1 aromatic heterocycles. The van der Waals surface area contributed by atoms with Gasteiger partial charge in [-0.25, -0.2) is 4.98 Å². The van der Waals surface area contributed by atoms with Crippen LogP contribution in [0.5, 0.6) is 0 Å². The molecule has 0 aliphatic heterocycles. The Labute approximate surface area is 75.9 Å². The van der Waals surface area contributed by atoms with Gasteiger partial charge in [0.25, 0.3) is 0 Å². The molecule has 0 radical (unpaired) electrons. The minimum atomic E-state index is -0.611. The number of hydrogen-bond acceptors (Lipinski definition) is 2. The van der Waals surface area contributed by atoms with Gasteiger partial charge < -0.3 is 4.98 Å². The third kappa shape index (κ3) is 15.7. The molecule has 1 N–H and O–H groups in total. The Bertz CT molecular complexity index is 133. The summed E-state index contributed by atoms with van der Waals surface area (Å²) in [4.78, 5) is 6.42. The van der Waals surface area contributed by atoms with Crippen LogP contribution in [-0.2, 0) is 30.3 Å². The number of rotatable bonds is 0. The Morgan fingerprint density at radius 1 is 1.50 bits per heavy atom. The fourth-order valence-corrected chi connectivity index (χ4v) is 0.215. The van der Waals surface area contributed by atoms with Gasteiger partial charge in [0, 0.05) is 55.2 Å². The molecule has 0 saturated carbocycles. The molecular weight excluding hydrogens is 237 g/mol. The summed E-state index contributed by atoms with van der Waals surface area (Å²) in [5, 5.41) is 0.